The van der Waals surface area contributed by atoms with Crippen molar-refractivity contribution in [2.24, 2.45) is 5.92 Å². The van der Waals surface area contributed by atoms with E-state index in [-0.39, 0.29) is 5.92 Å². The van der Waals surface area contributed by atoms with E-state index < -0.39 is 0 Å². The topological polar surface area (TPSA) is 32.3 Å². The van der Waals surface area contributed by atoms with Crippen LogP contribution < -0.4 is 5.32 Å². The van der Waals surface area contributed by atoms with E-state index in [2.05, 4.69) is 41.4 Å². The Morgan fingerprint density at radius 2 is 2.09 bits per heavy atom. The number of aryl methyl sites for hydroxylation is 1. The number of carbonyl (C=O) groups excluding carboxylic acids is 1. The van der Waals surface area contributed by atoms with Gasteiger partial charge in [0.25, 0.3) is 0 Å². The predicted octanol–water partition coefficient (Wildman–Crippen LogP) is 2.78. The van der Waals surface area contributed by atoms with Gasteiger partial charge in [0.1, 0.15) is 0 Å². The van der Waals surface area contributed by atoms with Gasteiger partial charge in [-0.05, 0) is 56.2 Å². The third-order valence-corrected chi connectivity index (χ3v) is 5.16. The van der Waals surface area contributed by atoms with E-state index in [1.807, 2.05) is 0 Å². The highest BCUT2D eigenvalue weighted by Crippen LogP contribution is 2.26. The highest BCUT2D eigenvalue weighted by molar-refractivity contribution is 5.79. The second-order valence-corrected chi connectivity index (χ2v) is 6.74. The predicted molar refractivity (Wildman–Crippen MR) is 89.9 cm³/mol. The fraction of sp³-hybridized carbons (Fsp3) is 0.632. The summed E-state index contributed by atoms with van der Waals surface area (Å²) in [5, 5.41) is 3.38. The Balaban J connectivity index is 1.72. The molecule has 1 saturated heterocycles. The summed E-state index contributed by atoms with van der Waals surface area (Å²) in [6, 6.07) is 9.12. The zero-order valence-electron chi connectivity index (χ0n) is 13.7. The lowest BCUT2D eigenvalue weighted by Crippen LogP contribution is -2.49. The average molecular weight is 300 g/mol. The van der Waals surface area contributed by atoms with Gasteiger partial charge in [-0.25, -0.2) is 0 Å². The van der Waals surface area contributed by atoms with Crippen LogP contribution in [0.2, 0.25) is 0 Å². The fourth-order valence-electron chi connectivity index (χ4n) is 3.96. The zero-order valence-corrected chi connectivity index (χ0v) is 13.7. The van der Waals surface area contributed by atoms with Crippen LogP contribution >= 0.6 is 0 Å². The lowest BCUT2D eigenvalue weighted by Gasteiger charge is -2.38. The van der Waals surface area contributed by atoms with Crippen LogP contribution in [0.5, 0.6) is 0 Å². The van der Waals surface area contributed by atoms with Gasteiger partial charge in [0.05, 0.1) is 5.92 Å². The lowest BCUT2D eigenvalue weighted by molar-refractivity contribution is -0.138. The molecule has 1 N–H and O–H groups in total. The van der Waals surface area contributed by atoms with Crippen molar-refractivity contribution in [3.8, 4) is 0 Å². The lowest BCUT2D eigenvalue weighted by atomic mass is 9.86. The van der Waals surface area contributed by atoms with Crippen LogP contribution in [0.15, 0.2) is 24.3 Å². The van der Waals surface area contributed by atoms with Crippen LogP contribution in [0, 0.1) is 5.92 Å². The summed E-state index contributed by atoms with van der Waals surface area (Å²) in [4.78, 5) is 15.2. The van der Waals surface area contributed by atoms with Gasteiger partial charge < -0.3 is 10.2 Å². The molecule has 1 heterocycles. The van der Waals surface area contributed by atoms with Crippen LogP contribution in [0.3, 0.4) is 0 Å². The van der Waals surface area contributed by atoms with Crippen LogP contribution in [0.25, 0.3) is 0 Å². The van der Waals surface area contributed by atoms with Crippen LogP contribution in [0.1, 0.15) is 43.7 Å². The zero-order chi connectivity index (χ0) is 15.4. The van der Waals surface area contributed by atoms with Gasteiger partial charge in [0.2, 0.25) is 5.91 Å². The molecule has 1 amide bonds. The monoisotopic (exact) mass is 300 g/mol. The molecule has 2 aliphatic rings. The molecule has 3 nitrogen and oxygen atoms in total. The standard InChI is InChI=1S/C19H28N2O/c1-2-12-21(19(22)17-8-5-11-20-14-17)18-10-9-15-6-3-4-7-16(15)13-18/h3-4,6-7,17-18,20H,2,5,8-14H2,1H3. The number of hydrogen-bond acceptors (Lipinski definition) is 2. The van der Waals surface area contributed by atoms with Crippen molar-refractivity contribution in [1.82, 2.24) is 10.2 Å². The second kappa shape index (κ2) is 7.28. The van der Waals surface area contributed by atoms with E-state index in [0.29, 0.717) is 11.9 Å². The summed E-state index contributed by atoms with van der Waals surface area (Å²) in [5.74, 6) is 0.580. The fourth-order valence-corrected chi connectivity index (χ4v) is 3.96. The van der Waals surface area contributed by atoms with E-state index in [9.17, 15) is 4.79 Å². The van der Waals surface area contributed by atoms with Gasteiger partial charge in [-0.1, -0.05) is 31.2 Å². The molecule has 0 bridgehead atoms. The van der Waals surface area contributed by atoms with Crippen molar-refractivity contribution in [1.29, 1.82) is 0 Å². The van der Waals surface area contributed by atoms with Crippen molar-refractivity contribution >= 4 is 5.91 Å². The number of nitrogens with zero attached hydrogens (tertiary/aromatic N) is 1. The Kier molecular flexibility index (Phi) is 5.14. The number of hydrogen-bond donors (Lipinski definition) is 1. The largest absolute Gasteiger partial charge is 0.339 e. The van der Waals surface area contributed by atoms with Crippen LogP contribution in [-0.2, 0) is 17.6 Å². The van der Waals surface area contributed by atoms with Gasteiger partial charge >= 0.3 is 0 Å². The molecule has 0 radical (unpaired) electrons. The van der Waals surface area contributed by atoms with E-state index in [4.69, 9.17) is 0 Å². The smallest absolute Gasteiger partial charge is 0.227 e. The summed E-state index contributed by atoms with van der Waals surface area (Å²) >= 11 is 0. The maximum absolute atomic E-state index is 13.0. The van der Waals surface area contributed by atoms with Crippen molar-refractivity contribution in [3.05, 3.63) is 35.4 Å². The first-order valence-electron chi connectivity index (χ1n) is 8.87. The van der Waals surface area contributed by atoms with E-state index in [0.717, 1.165) is 58.2 Å². The maximum atomic E-state index is 13.0. The van der Waals surface area contributed by atoms with Gasteiger partial charge in [-0.2, -0.15) is 0 Å². The molecule has 3 heteroatoms. The molecular weight excluding hydrogens is 272 g/mol. The second-order valence-electron chi connectivity index (χ2n) is 6.74. The highest BCUT2D eigenvalue weighted by Gasteiger charge is 2.31. The molecule has 1 aliphatic carbocycles. The Morgan fingerprint density at radius 3 is 2.82 bits per heavy atom. The van der Waals surface area contributed by atoms with Gasteiger partial charge in [0, 0.05) is 19.1 Å². The van der Waals surface area contributed by atoms with E-state index in [1.165, 1.54) is 11.1 Å². The molecular formula is C19H28N2O. The molecule has 0 aromatic heterocycles. The Bertz CT molecular complexity index is 508. The molecule has 2 unspecified atom stereocenters. The number of amides is 1. The van der Waals surface area contributed by atoms with Gasteiger partial charge in [0.15, 0.2) is 0 Å². The summed E-state index contributed by atoms with van der Waals surface area (Å²) in [5.41, 5.74) is 2.91. The third-order valence-electron chi connectivity index (χ3n) is 5.16. The SMILES string of the molecule is CCCN(C(=O)C1CCCNC1)C1CCc2ccccc2C1. The average Bonchev–Trinajstić information content (AvgIpc) is 2.59. The first-order chi connectivity index (χ1) is 10.8. The van der Waals surface area contributed by atoms with Crippen molar-refractivity contribution in [2.75, 3.05) is 19.6 Å². The number of benzene rings is 1. The minimum absolute atomic E-state index is 0.192. The molecule has 0 saturated carbocycles. The molecule has 1 aromatic rings. The molecule has 3 rings (SSSR count). The Labute approximate surface area is 134 Å². The molecule has 1 aliphatic heterocycles. The molecule has 120 valence electrons. The van der Waals surface area contributed by atoms with Crippen molar-refractivity contribution in [2.45, 2.75) is 51.5 Å². The highest BCUT2D eigenvalue weighted by atomic mass is 16.2. The van der Waals surface area contributed by atoms with Gasteiger partial charge in [-0.15, -0.1) is 0 Å². The number of rotatable bonds is 4. The summed E-state index contributed by atoms with van der Waals surface area (Å²) in [6.07, 6.45) is 6.48. The Hall–Kier alpha value is -1.35. The normalized spacial score (nSPS) is 24.6. The molecule has 1 fully saturated rings. The first-order valence-corrected chi connectivity index (χ1v) is 8.87. The van der Waals surface area contributed by atoms with Crippen LogP contribution in [0.4, 0.5) is 0 Å². The molecule has 2 atom stereocenters. The molecule has 0 spiro atoms. The third kappa shape index (κ3) is 3.35. The number of nitrogens with one attached hydrogen (secondary N) is 1. The van der Waals surface area contributed by atoms with Crippen molar-refractivity contribution < 1.29 is 4.79 Å². The minimum atomic E-state index is 0.192. The van der Waals surface area contributed by atoms with Crippen molar-refractivity contribution in [3.63, 3.8) is 0 Å². The number of piperidine rings is 1. The maximum Gasteiger partial charge on any atom is 0.227 e. The summed E-state index contributed by atoms with van der Waals surface area (Å²) in [7, 11) is 0. The quantitative estimate of drug-likeness (QED) is 0.927. The summed E-state index contributed by atoms with van der Waals surface area (Å²) < 4.78 is 0. The van der Waals surface area contributed by atoms with Crippen LogP contribution in [-0.4, -0.2) is 36.5 Å². The summed E-state index contributed by atoms with van der Waals surface area (Å²) in [6.45, 7) is 5.01. The molecule has 1 aromatic carbocycles. The van der Waals surface area contributed by atoms with E-state index in [1.54, 1.807) is 0 Å². The first kappa shape index (κ1) is 15.5. The molecule has 22 heavy (non-hydrogen) atoms. The Morgan fingerprint density at radius 1 is 1.27 bits per heavy atom. The van der Waals surface area contributed by atoms with Gasteiger partial charge in [-0.3, -0.25) is 4.79 Å². The number of fused-ring (bicyclic) bond motifs is 1. The number of carbonyl (C=O) groups is 1. The van der Waals surface area contributed by atoms with E-state index >= 15 is 0 Å². The minimum Gasteiger partial charge on any atom is -0.339 e.